The molecule has 7 nitrogen and oxygen atoms in total. The number of fused-ring (bicyclic) bond motifs is 6. The van der Waals surface area contributed by atoms with Crippen LogP contribution in [-0.2, 0) is 17.6 Å². The van der Waals surface area contributed by atoms with Crippen LogP contribution in [0.3, 0.4) is 0 Å². The Morgan fingerprint density at radius 2 is 2.03 bits per heavy atom. The molecule has 156 valence electrons. The molecule has 0 spiro atoms. The molecule has 4 heterocycles. The molecule has 1 N–H and O–H groups in total. The number of amides is 1. The van der Waals surface area contributed by atoms with Gasteiger partial charge in [0.25, 0.3) is 0 Å². The number of anilines is 1. The van der Waals surface area contributed by atoms with Crippen molar-refractivity contribution < 1.29 is 4.79 Å². The minimum atomic E-state index is -0.111. The maximum Gasteiger partial charge on any atom is 0.236 e. The zero-order valence-corrected chi connectivity index (χ0v) is 19.2. The van der Waals surface area contributed by atoms with Gasteiger partial charge in [0.1, 0.15) is 10.7 Å². The third kappa shape index (κ3) is 3.29. The lowest BCUT2D eigenvalue weighted by Crippen LogP contribution is -2.14. The van der Waals surface area contributed by atoms with E-state index in [4.69, 9.17) is 4.98 Å². The quantitative estimate of drug-likeness (QED) is 0.381. The standard InChI is InChI=1S/C21H18N6OS3/c1-11-22-19-17(12-6-2-4-8-14(12)30-19)18-25-26-21(27(11)18)29-10-16(28)24-20-23-13-7-3-5-9-15(13)31-20/h3,5,7,9H,2,4,6,8,10H2,1H3,(H,23,24,28). The normalized spacial score (nSPS) is 13.8. The number of hydrogen-bond donors (Lipinski definition) is 1. The van der Waals surface area contributed by atoms with E-state index < -0.39 is 0 Å². The fraction of sp³-hybridized carbons (Fsp3) is 0.286. The van der Waals surface area contributed by atoms with E-state index in [1.165, 1.54) is 46.4 Å². The molecule has 0 saturated carbocycles. The first-order chi connectivity index (χ1) is 15.2. The van der Waals surface area contributed by atoms with Crippen molar-refractivity contribution in [1.29, 1.82) is 0 Å². The molecule has 10 heteroatoms. The van der Waals surface area contributed by atoms with Crippen molar-refractivity contribution in [1.82, 2.24) is 24.6 Å². The first kappa shape index (κ1) is 19.1. The van der Waals surface area contributed by atoms with E-state index >= 15 is 0 Å². The lowest BCUT2D eigenvalue weighted by atomic mass is 9.97. The summed E-state index contributed by atoms with van der Waals surface area (Å²) in [5.41, 5.74) is 3.14. The predicted molar refractivity (Wildman–Crippen MR) is 127 cm³/mol. The summed E-state index contributed by atoms with van der Waals surface area (Å²) in [6.07, 6.45) is 4.66. The molecule has 0 aliphatic heterocycles. The number of carbonyl (C=O) groups is 1. The molecule has 0 bridgehead atoms. The van der Waals surface area contributed by atoms with E-state index in [-0.39, 0.29) is 11.7 Å². The van der Waals surface area contributed by atoms with Gasteiger partial charge in [0.05, 0.1) is 21.4 Å². The lowest BCUT2D eigenvalue weighted by molar-refractivity contribution is -0.113. The minimum Gasteiger partial charge on any atom is -0.301 e. The molecule has 0 fully saturated rings. The summed E-state index contributed by atoms with van der Waals surface area (Å²) in [5.74, 6) is 0.969. The number of benzene rings is 1. The molecule has 1 aliphatic rings. The molecule has 0 radical (unpaired) electrons. The average Bonchev–Trinajstić information content (AvgIpc) is 3.46. The Morgan fingerprint density at radius 1 is 1.16 bits per heavy atom. The monoisotopic (exact) mass is 466 g/mol. The number of rotatable bonds is 4. The van der Waals surface area contributed by atoms with E-state index in [1.807, 2.05) is 35.6 Å². The van der Waals surface area contributed by atoms with Gasteiger partial charge in [-0.1, -0.05) is 35.2 Å². The molecular formula is C21H18N6OS3. The highest BCUT2D eigenvalue weighted by Crippen LogP contribution is 2.38. The van der Waals surface area contributed by atoms with E-state index in [2.05, 4.69) is 20.5 Å². The van der Waals surface area contributed by atoms with Gasteiger partial charge in [-0.3, -0.25) is 9.20 Å². The Kier molecular flexibility index (Phi) is 4.66. The van der Waals surface area contributed by atoms with Crippen molar-refractivity contribution in [2.45, 2.75) is 37.8 Å². The molecule has 6 rings (SSSR count). The molecular weight excluding hydrogens is 448 g/mol. The van der Waals surface area contributed by atoms with Gasteiger partial charge in [-0.05, 0) is 50.3 Å². The maximum absolute atomic E-state index is 12.5. The predicted octanol–water partition coefficient (Wildman–Crippen LogP) is 4.87. The van der Waals surface area contributed by atoms with E-state index in [9.17, 15) is 4.79 Å². The van der Waals surface area contributed by atoms with Gasteiger partial charge in [0.2, 0.25) is 5.91 Å². The van der Waals surface area contributed by atoms with Crippen LogP contribution >= 0.6 is 34.4 Å². The summed E-state index contributed by atoms with van der Waals surface area (Å²) in [6.45, 7) is 1.97. The van der Waals surface area contributed by atoms with Crippen LogP contribution in [-0.4, -0.2) is 36.2 Å². The first-order valence-corrected chi connectivity index (χ1v) is 12.7. The van der Waals surface area contributed by atoms with E-state index in [1.54, 1.807) is 11.3 Å². The van der Waals surface area contributed by atoms with Crippen LogP contribution in [0, 0.1) is 6.92 Å². The van der Waals surface area contributed by atoms with Crippen molar-refractivity contribution in [2.75, 3.05) is 11.1 Å². The van der Waals surface area contributed by atoms with Gasteiger partial charge < -0.3 is 5.32 Å². The Morgan fingerprint density at radius 3 is 2.94 bits per heavy atom. The van der Waals surface area contributed by atoms with Crippen molar-refractivity contribution >= 4 is 71.6 Å². The number of carbonyl (C=O) groups excluding carboxylic acids is 1. The van der Waals surface area contributed by atoms with Crippen LogP contribution in [0.2, 0.25) is 0 Å². The summed E-state index contributed by atoms with van der Waals surface area (Å²) in [4.78, 5) is 24.3. The summed E-state index contributed by atoms with van der Waals surface area (Å²) < 4.78 is 3.04. The van der Waals surface area contributed by atoms with Crippen molar-refractivity contribution in [3.05, 3.63) is 40.5 Å². The van der Waals surface area contributed by atoms with Crippen LogP contribution in [0.25, 0.3) is 26.1 Å². The number of hydrogen-bond acceptors (Lipinski definition) is 8. The fourth-order valence-electron chi connectivity index (χ4n) is 4.09. The van der Waals surface area contributed by atoms with Crippen LogP contribution in [0.1, 0.15) is 29.1 Å². The Labute approximate surface area is 189 Å². The highest BCUT2D eigenvalue weighted by Gasteiger charge is 2.23. The molecule has 0 saturated heterocycles. The number of nitrogens with one attached hydrogen (secondary N) is 1. The number of para-hydroxylation sites is 1. The van der Waals surface area contributed by atoms with Gasteiger partial charge in [-0.15, -0.1) is 21.5 Å². The second-order valence-corrected chi connectivity index (χ2v) is 10.6. The minimum absolute atomic E-state index is 0.111. The number of thioether (sulfide) groups is 1. The van der Waals surface area contributed by atoms with Crippen LogP contribution in [0.5, 0.6) is 0 Å². The van der Waals surface area contributed by atoms with Crippen LogP contribution in [0.4, 0.5) is 5.13 Å². The summed E-state index contributed by atoms with van der Waals surface area (Å²) in [7, 11) is 0. The zero-order chi connectivity index (χ0) is 20.9. The lowest BCUT2D eigenvalue weighted by Gasteiger charge is -2.10. The highest BCUT2D eigenvalue weighted by atomic mass is 32.2. The molecule has 0 unspecified atom stereocenters. The first-order valence-electron chi connectivity index (χ1n) is 10.1. The summed E-state index contributed by atoms with van der Waals surface area (Å²) in [6, 6.07) is 7.85. The summed E-state index contributed by atoms with van der Waals surface area (Å²) in [5, 5.41) is 14.2. The molecule has 5 aromatic rings. The smallest absolute Gasteiger partial charge is 0.236 e. The van der Waals surface area contributed by atoms with Gasteiger partial charge in [-0.2, -0.15) is 0 Å². The van der Waals surface area contributed by atoms with E-state index in [0.717, 1.165) is 44.7 Å². The summed E-state index contributed by atoms with van der Waals surface area (Å²) >= 11 is 4.64. The van der Waals surface area contributed by atoms with Crippen molar-refractivity contribution in [3.63, 3.8) is 0 Å². The number of thiazole rings is 1. The number of nitrogens with zero attached hydrogens (tertiary/aromatic N) is 5. The van der Waals surface area contributed by atoms with Crippen molar-refractivity contribution in [3.8, 4) is 0 Å². The van der Waals surface area contributed by atoms with Gasteiger partial charge >= 0.3 is 0 Å². The largest absolute Gasteiger partial charge is 0.301 e. The van der Waals surface area contributed by atoms with Crippen molar-refractivity contribution in [2.24, 2.45) is 0 Å². The zero-order valence-electron chi connectivity index (χ0n) is 16.7. The molecule has 4 aromatic heterocycles. The topological polar surface area (TPSA) is 85.1 Å². The second-order valence-electron chi connectivity index (χ2n) is 7.52. The molecule has 31 heavy (non-hydrogen) atoms. The molecule has 1 amide bonds. The van der Waals surface area contributed by atoms with Gasteiger partial charge in [0.15, 0.2) is 15.9 Å². The Balaban J connectivity index is 1.27. The number of aromatic nitrogens is 5. The van der Waals surface area contributed by atoms with E-state index in [0.29, 0.717) is 10.3 Å². The Bertz CT molecular complexity index is 1430. The fourth-order valence-corrected chi connectivity index (χ4v) is 7.05. The third-order valence-corrected chi connectivity index (χ3v) is 8.54. The molecule has 1 aromatic carbocycles. The number of thiophene rings is 1. The third-order valence-electron chi connectivity index (χ3n) is 5.47. The second kappa shape index (κ2) is 7.54. The molecule has 1 aliphatic carbocycles. The maximum atomic E-state index is 12.5. The molecule has 0 atom stereocenters. The SMILES string of the molecule is Cc1nc2sc3c(c2c2nnc(SCC(=O)Nc4nc5ccccc5s4)n12)CCCC3. The highest BCUT2D eigenvalue weighted by molar-refractivity contribution is 7.99. The Hall–Kier alpha value is -2.56. The van der Waals surface area contributed by atoms with Crippen LogP contribution < -0.4 is 5.32 Å². The van der Waals surface area contributed by atoms with Gasteiger partial charge in [-0.25, -0.2) is 9.97 Å². The van der Waals surface area contributed by atoms with Gasteiger partial charge in [0, 0.05) is 4.88 Å². The number of aryl methyl sites for hydroxylation is 3. The average molecular weight is 467 g/mol. The van der Waals surface area contributed by atoms with Crippen LogP contribution in [0.15, 0.2) is 29.4 Å².